The second kappa shape index (κ2) is 5.21. The molecule has 1 aromatic rings. The highest BCUT2D eigenvalue weighted by Gasteiger charge is 2.17. The van der Waals surface area contributed by atoms with Crippen LogP contribution in [0.25, 0.3) is 0 Å². The van der Waals surface area contributed by atoms with Gasteiger partial charge in [0.25, 0.3) is 0 Å². The quantitative estimate of drug-likeness (QED) is 0.733. The molecule has 4 nitrogen and oxygen atoms in total. The van der Waals surface area contributed by atoms with Crippen LogP contribution in [0.1, 0.15) is 18.1 Å². The molecule has 0 saturated heterocycles. The second-order valence-corrected chi connectivity index (χ2v) is 3.52. The maximum absolute atomic E-state index is 9.76. The van der Waals surface area contributed by atoms with Gasteiger partial charge in [0.1, 0.15) is 0 Å². The first-order valence-electron chi connectivity index (χ1n) is 4.55. The standard InChI is InChI=1S/C10H14ClNO3/c1-15-10-7(11)3-2-6(9(10)14)8(13)4-5-12/h2-3,8,13-14H,4-5,12H2,1H3. The van der Waals surface area contributed by atoms with E-state index >= 15 is 0 Å². The number of hydrogen-bond acceptors (Lipinski definition) is 4. The lowest BCUT2D eigenvalue weighted by molar-refractivity contribution is 0.165. The second-order valence-electron chi connectivity index (χ2n) is 3.11. The summed E-state index contributed by atoms with van der Waals surface area (Å²) < 4.78 is 4.92. The van der Waals surface area contributed by atoms with E-state index in [1.165, 1.54) is 7.11 Å². The van der Waals surface area contributed by atoms with Crippen molar-refractivity contribution >= 4 is 11.6 Å². The number of nitrogens with two attached hydrogens (primary N) is 1. The molecule has 1 rings (SSSR count). The first-order chi connectivity index (χ1) is 7.11. The molecule has 0 heterocycles. The van der Waals surface area contributed by atoms with Gasteiger partial charge in [-0.1, -0.05) is 17.7 Å². The molecular weight excluding hydrogens is 218 g/mol. The van der Waals surface area contributed by atoms with E-state index in [0.29, 0.717) is 23.6 Å². The highest BCUT2D eigenvalue weighted by Crippen LogP contribution is 2.39. The maximum Gasteiger partial charge on any atom is 0.179 e. The average molecular weight is 232 g/mol. The number of ether oxygens (including phenoxy) is 1. The fourth-order valence-electron chi connectivity index (χ4n) is 1.34. The van der Waals surface area contributed by atoms with Crippen LogP contribution >= 0.6 is 11.6 Å². The molecule has 0 spiro atoms. The summed E-state index contributed by atoms with van der Waals surface area (Å²) in [6.45, 7) is 0.339. The maximum atomic E-state index is 9.76. The van der Waals surface area contributed by atoms with Crippen LogP contribution in [0.3, 0.4) is 0 Å². The minimum atomic E-state index is -0.804. The summed E-state index contributed by atoms with van der Waals surface area (Å²) in [5.74, 6) is 0.0381. The zero-order chi connectivity index (χ0) is 11.4. The van der Waals surface area contributed by atoms with Crippen LogP contribution in [0.5, 0.6) is 11.5 Å². The molecule has 1 unspecified atom stereocenters. The number of benzene rings is 1. The van der Waals surface area contributed by atoms with Crippen LogP contribution in [0, 0.1) is 0 Å². The lowest BCUT2D eigenvalue weighted by Crippen LogP contribution is -2.07. The number of aliphatic hydroxyl groups is 1. The normalized spacial score (nSPS) is 12.5. The van der Waals surface area contributed by atoms with Crippen LogP contribution in [-0.2, 0) is 0 Å². The summed E-state index contributed by atoms with van der Waals surface area (Å²) in [4.78, 5) is 0. The van der Waals surface area contributed by atoms with E-state index in [9.17, 15) is 10.2 Å². The number of methoxy groups -OCH3 is 1. The van der Waals surface area contributed by atoms with Gasteiger partial charge in [0.2, 0.25) is 0 Å². The number of halogens is 1. The van der Waals surface area contributed by atoms with Crippen molar-refractivity contribution in [2.24, 2.45) is 5.73 Å². The number of hydrogen-bond donors (Lipinski definition) is 3. The van der Waals surface area contributed by atoms with Crippen molar-refractivity contribution in [1.82, 2.24) is 0 Å². The van der Waals surface area contributed by atoms with E-state index in [-0.39, 0.29) is 11.5 Å². The zero-order valence-corrected chi connectivity index (χ0v) is 9.16. The largest absolute Gasteiger partial charge is 0.504 e. The third-order valence-electron chi connectivity index (χ3n) is 2.12. The molecule has 5 heteroatoms. The molecule has 0 fully saturated rings. The minimum absolute atomic E-state index is 0.133. The Balaban J connectivity index is 3.09. The van der Waals surface area contributed by atoms with Gasteiger partial charge in [-0.2, -0.15) is 0 Å². The van der Waals surface area contributed by atoms with Crippen molar-refractivity contribution in [2.45, 2.75) is 12.5 Å². The van der Waals surface area contributed by atoms with E-state index in [1.807, 2.05) is 0 Å². The van der Waals surface area contributed by atoms with Gasteiger partial charge in [0.15, 0.2) is 11.5 Å². The van der Waals surface area contributed by atoms with E-state index < -0.39 is 6.10 Å². The van der Waals surface area contributed by atoms with Gasteiger partial charge < -0.3 is 20.7 Å². The Morgan fingerprint density at radius 2 is 2.20 bits per heavy atom. The molecular formula is C10H14ClNO3. The molecule has 0 radical (unpaired) electrons. The summed E-state index contributed by atoms with van der Waals surface area (Å²) in [5, 5.41) is 19.7. The first kappa shape index (κ1) is 12.1. The van der Waals surface area contributed by atoms with Crippen molar-refractivity contribution in [3.05, 3.63) is 22.7 Å². The molecule has 0 bridgehead atoms. The molecule has 0 aliphatic carbocycles. The molecule has 84 valence electrons. The van der Waals surface area contributed by atoms with Crippen molar-refractivity contribution in [1.29, 1.82) is 0 Å². The predicted molar refractivity (Wildman–Crippen MR) is 58.3 cm³/mol. The highest BCUT2D eigenvalue weighted by molar-refractivity contribution is 6.32. The Kier molecular flexibility index (Phi) is 4.20. The fourth-order valence-corrected chi connectivity index (χ4v) is 1.57. The first-order valence-corrected chi connectivity index (χ1v) is 4.93. The summed E-state index contributed by atoms with van der Waals surface area (Å²) in [6.07, 6.45) is -0.431. The van der Waals surface area contributed by atoms with Crippen LogP contribution in [-0.4, -0.2) is 23.9 Å². The lowest BCUT2D eigenvalue weighted by Gasteiger charge is -2.14. The number of phenols is 1. The monoisotopic (exact) mass is 231 g/mol. The van der Waals surface area contributed by atoms with Crippen LogP contribution in [0.2, 0.25) is 5.02 Å². The SMILES string of the molecule is COc1c(Cl)ccc(C(O)CCN)c1O. The van der Waals surface area contributed by atoms with E-state index in [0.717, 1.165) is 0 Å². The van der Waals surface area contributed by atoms with Crippen molar-refractivity contribution in [3.63, 3.8) is 0 Å². The van der Waals surface area contributed by atoms with Crippen LogP contribution < -0.4 is 10.5 Å². The van der Waals surface area contributed by atoms with Crippen LogP contribution in [0.4, 0.5) is 0 Å². The molecule has 1 aromatic carbocycles. The Morgan fingerprint density at radius 3 is 2.73 bits per heavy atom. The Bertz CT molecular complexity index is 344. The van der Waals surface area contributed by atoms with Crippen molar-refractivity contribution in [3.8, 4) is 11.5 Å². The summed E-state index contributed by atoms with van der Waals surface area (Å²) in [7, 11) is 1.40. The number of aromatic hydroxyl groups is 1. The molecule has 0 aliphatic rings. The summed E-state index contributed by atoms with van der Waals surface area (Å²) in [5.41, 5.74) is 5.69. The molecule has 15 heavy (non-hydrogen) atoms. The summed E-state index contributed by atoms with van der Waals surface area (Å²) >= 11 is 5.79. The Morgan fingerprint density at radius 1 is 1.53 bits per heavy atom. The van der Waals surface area contributed by atoms with Crippen LogP contribution in [0.15, 0.2) is 12.1 Å². The fraction of sp³-hybridized carbons (Fsp3) is 0.400. The molecule has 0 saturated carbocycles. The predicted octanol–water partition coefficient (Wildman–Crippen LogP) is 1.44. The zero-order valence-electron chi connectivity index (χ0n) is 8.40. The average Bonchev–Trinajstić information content (AvgIpc) is 2.18. The lowest BCUT2D eigenvalue weighted by atomic mass is 10.1. The van der Waals surface area contributed by atoms with E-state index in [2.05, 4.69) is 0 Å². The van der Waals surface area contributed by atoms with Gasteiger partial charge in [0.05, 0.1) is 18.2 Å². The number of aliphatic hydroxyl groups excluding tert-OH is 1. The van der Waals surface area contributed by atoms with Gasteiger partial charge in [-0.3, -0.25) is 0 Å². The molecule has 0 aliphatic heterocycles. The summed E-state index contributed by atoms with van der Waals surface area (Å²) in [6, 6.07) is 3.12. The smallest absolute Gasteiger partial charge is 0.179 e. The molecule has 1 atom stereocenters. The Labute approximate surface area is 93.2 Å². The van der Waals surface area contributed by atoms with Crippen molar-refractivity contribution in [2.75, 3.05) is 13.7 Å². The number of phenolic OH excluding ortho intramolecular Hbond substituents is 1. The van der Waals surface area contributed by atoms with Gasteiger partial charge >= 0.3 is 0 Å². The minimum Gasteiger partial charge on any atom is -0.504 e. The molecule has 4 N–H and O–H groups in total. The van der Waals surface area contributed by atoms with E-state index in [4.69, 9.17) is 22.1 Å². The topological polar surface area (TPSA) is 75.7 Å². The highest BCUT2D eigenvalue weighted by atomic mass is 35.5. The third kappa shape index (κ3) is 2.53. The van der Waals surface area contributed by atoms with Gasteiger partial charge in [0, 0.05) is 5.56 Å². The van der Waals surface area contributed by atoms with Gasteiger partial charge in [-0.25, -0.2) is 0 Å². The number of rotatable bonds is 4. The molecule has 0 aromatic heterocycles. The molecule has 0 amide bonds. The van der Waals surface area contributed by atoms with Crippen molar-refractivity contribution < 1.29 is 14.9 Å². The van der Waals surface area contributed by atoms with E-state index in [1.54, 1.807) is 12.1 Å². The van der Waals surface area contributed by atoms with Gasteiger partial charge in [-0.15, -0.1) is 0 Å². The third-order valence-corrected chi connectivity index (χ3v) is 2.42. The van der Waals surface area contributed by atoms with Gasteiger partial charge in [-0.05, 0) is 19.0 Å². The Hall–Kier alpha value is -0.970.